The van der Waals surface area contributed by atoms with Gasteiger partial charge in [0.15, 0.2) is 5.96 Å². The van der Waals surface area contributed by atoms with Crippen molar-refractivity contribution in [2.45, 2.75) is 37.8 Å². The summed E-state index contributed by atoms with van der Waals surface area (Å²) in [4.78, 5) is 24.6. The Morgan fingerprint density at radius 3 is 2.93 bits per heavy atom. The molecule has 0 aliphatic carbocycles. The van der Waals surface area contributed by atoms with Gasteiger partial charge in [0.05, 0.1) is 11.1 Å². The summed E-state index contributed by atoms with van der Waals surface area (Å²) >= 11 is 6.29. The molecular formula is C20H32ClIN6O2. The number of amides is 1. The lowest BCUT2D eigenvalue weighted by molar-refractivity contribution is -0.127. The fourth-order valence-corrected chi connectivity index (χ4v) is 3.73. The molecule has 0 bridgehead atoms. The predicted molar refractivity (Wildman–Crippen MR) is 131 cm³/mol. The zero-order valence-corrected chi connectivity index (χ0v) is 20.7. The van der Waals surface area contributed by atoms with E-state index in [1.807, 2.05) is 12.1 Å². The van der Waals surface area contributed by atoms with E-state index in [-0.39, 0.29) is 48.6 Å². The fourth-order valence-electron chi connectivity index (χ4n) is 3.49. The first-order valence-corrected chi connectivity index (χ1v) is 10.6. The number of nitrogens with zero attached hydrogens (tertiary/aromatic N) is 4. The van der Waals surface area contributed by atoms with Crippen molar-refractivity contribution >= 4 is 53.3 Å². The van der Waals surface area contributed by atoms with Crippen LogP contribution in [0.3, 0.4) is 0 Å². The molecule has 0 spiro atoms. The number of carbonyl (C=O) groups is 1. The number of aliphatic imine (C=N–C) groups is 1. The van der Waals surface area contributed by atoms with Gasteiger partial charge in [-0.05, 0) is 37.8 Å². The van der Waals surface area contributed by atoms with E-state index in [9.17, 15) is 4.79 Å². The highest BCUT2D eigenvalue weighted by atomic mass is 127. The van der Waals surface area contributed by atoms with Gasteiger partial charge in [-0.1, -0.05) is 11.6 Å². The molecule has 2 saturated heterocycles. The van der Waals surface area contributed by atoms with Crippen molar-refractivity contribution in [1.29, 1.82) is 0 Å². The Bertz CT molecular complexity index is 714. The Morgan fingerprint density at radius 2 is 2.23 bits per heavy atom. The van der Waals surface area contributed by atoms with Crippen molar-refractivity contribution in [3.63, 3.8) is 0 Å². The number of nitrogens with one attached hydrogen (secondary N) is 2. The molecule has 2 aliphatic heterocycles. The van der Waals surface area contributed by atoms with Crippen LogP contribution >= 0.6 is 35.6 Å². The van der Waals surface area contributed by atoms with Gasteiger partial charge < -0.3 is 25.2 Å². The average molecular weight is 551 g/mol. The molecule has 2 unspecified atom stereocenters. The number of hydrogen-bond donors (Lipinski definition) is 2. The van der Waals surface area contributed by atoms with Crippen molar-refractivity contribution in [1.82, 2.24) is 20.5 Å². The lowest BCUT2D eigenvalue weighted by Gasteiger charge is -2.25. The Hall–Kier alpha value is -1.33. The van der Waals surface area contributed by atoms with Crippen LogP contribution < -0.4 is 15.5 Å². The highest BCUT2D eigenvalue weighted by Crippen LogP contribution is 2.25. The molecule has 1 aromatic rings. The molecule has 0 aromatic carbocycles. The smallest absolute Gasteiger partial charge is 0.243 e. The summed E-state index contributed by atoms with van der Waals surface area (Å²) < 4.78 is 5.80. The van der Waals surface area contributed by atoms with Gasteiger partial charge >= 0.3 is 0 Å². The molecule has 10 heteroatoms. The molecule has 30 heavy (non-hydrogen) atoms. The third-order valence-corrected chi connectivity index (χ3v) is 5.51. The third kappa shape index (κ3) is 7.42. The van der Waals surface area contributed by atoms with E-state index in [0.717, 1.165) is 44.8 Å². The van der Waals surface area contributed by atoms with Crippen LogP contribution in [0.5, 0.6) is 0 Å². The van der Waals surface area contributed by atoms with Crippen LogP contribution in [0.15, 0.2) is 23.3 Å². The number of carbonyl (C=O) groups excluding carboxylic acids is 1. The Morgan fingerprint density at radius 1 is 1.40 bits per heavy atom. The Labute approximate surface area is 200 Å². The van der Waals surface area contributed by atoms with Crippen LogP contribution in [0.1, 0.15) is 25.7 Å². The molecule has 8 nitrogen and oxygen atoms in total. The van der Waals surface area contributed by atoms with Crippen molar-refractivity contribution < 1.29 is 9.53 Å². The zero-order chi connectivity index (χ0) is 20.6. The van der Waals surface area contributed by atoms with E-state index in [0.29, 0.717) is 17.5 Å². The minimum atomic E-state index is -0.0340. The highest BCUT2D eigenvalue weighted by Gasteiger charge is 2.26. The van der Waals surface area contributed by atoms with E-state index < -0.39 is 0 Å². The van der Waals surface area contributed by atoms with Crippen LogP contribution in [0.2, 0.25) is 5.02 Å². The second-order valence-corrected chi connectivity index (χ2v) is 8.11. The van der Waals surface area contributed by atoms with Gasteiger partial charge in [-0.15, -0.1) is 24.0 Å². The summed E-state index contributed by atoms with van der Waals surface area (Å²) in [5.74, 6) is 1.42. The first-order valence-electron chi connectivity index (χ1n) is 10.2. The van der Waals surface area contributed by atoms with E-state index in [2.05, 4.69) is 25.5 Å². The molecule has 0 radical (unpaired) electrons. The largest absolute Gasteiger partial charge is 0.376 e. The minimum absolute atomic E-state index is 0. The van der Waals surface area contributed by atoms with Crippen LogP contribution in [-0.2, 0) is 9.53 Å². The zero-order valence-electron chi connectivity index (χ0n) is 17.6. The SMILES string of the molecule is CN(C)C(=O)CN=C(NCC1CCCCO1)NC1CCN(c2ncccc2Cl)C1.I. The van der Waals surface area contributed by atoms with Gasteiger partial charge in [0, 0.05) is 52.6 Å². The molecule has 3 rings (SSSR count). The van der Waals surface area contributed by atoms with Crippen LogP contribution in [0.4, 0.5) is 5.82 Å². The number of halogens is 2. The molecule has 1 aromatic heterocycles. The number of pyridine rings is 1. The fraction of sp³-hybridized carbons (Fsp3) is 0.650. The van der Waals surface area contributed by atoms with Crippen molar-refractivity contribution in [2.75, 3.05) is 51.8 Å². The van der Waals surface area contributed by atoms with Gasteiger partial charge in [0.1, 0.15) is 12.4 Å². The van der Waals surface area contributed by atoms with E-state index in [4.69, 9.17) is 16.3 Å². The van der Waals surface area contributed by atoms with E-state index in [1.54, 1.807) is 25.2 Å². The number of anilines is 1. The average Bonchev–Trinajstić information content (AvgIpc) is 3.19. The van der Waals surface area contributed by atoms with Gasteiger partial charge in [0.25, 0.3) is 0 Å². The lowest BCUT2D eigenvalue weighted by Crippen LogP contribution is -2.47. The topological polar surface area (TPSA) is 82.1 Å². The highest BCUT2D eigenvalue weighted by molar-refractivity contribution is 14.0. The second kappa shape index (κ2) is 12.5. The Kier molecular flexibility index (Phi) is 10.4. The van der Waals surface area contributed by atoms with Crippen molar-refractivity contribution in [3.05, 3.63) is 23.4 Å². The van der Waals surface area contributed by atoms with Gasteiger partial charge in [-0.2, -0.15) is 0 Å². The molecule has 168 valence electrons. The number of guanidine groups is 1. The van der Waals surface area contributed by atoms with E-state index in [1.165, 1.54) is 6.42 Å². The Balaban J connectivity index is 0.00000320. The number of aromatic nitrogens is 1. The second-order valence-electron chi connectivity index (χ2n) is 7.71. The van der Waals surface area contributed by atoms with Gasteiger partial charge in [-0.25, -0.2) is 9.98 Å². The molecule has 3 heterocycles. The van der Waals surface area contributed by atoms with Gasteiger partial charge in [0.2, 0.25) is 5.91 Å². The lowest BCUT2D eigenvalue weighted by atomic mass is 10.1. The van der Waals surface area contributed by atoms with E-state index >= 15 is 0 Å². The number of ether oxygens (including phenoxy) is 1. The summed E-state index contributed by atoms with van der Waals surface area (Å²) in [6.45, 7) is 3.25. The molecular weight excluding hydrogens is 519 g/mol. The van der Waals surface area contributed by atoms with Crippen LogP contribution in [-0.4, -0.2) is 80.8 Å². The number of rotatable bonds is 6. The maximum atomic E-state index is 12.0. The summed E-state index contributed by atoms with van der Waals surface area (Å²) in [5, 5.41) is 7.49. The molecule has 2 N–H and O–H groups in total. The molecule has 2 fully saturated rings. The van der Waals surface area contributed by atoms with Crippen molar-refractivity contribution in [2.24, 2.45) is 4.99 Å². The normalized spacial score (nSPS) is 21.7. The molecule has 0 saturated carbocycles. The van der Waals surface area contributed by atoms with Crippen molar-refractivity contribution in [3.8, 4) is 0 Å². The summed E-state index contributed by atoms with van der Waals surface area (Å²) in [7, 11) is 3.47. The molecule has 1 amide bonds. The number of likely N-dealkylation sites (N-methyl/N-ethyl adjacent to an activating group) is 1. The first-order chi connectivity index (χ1) is 14.0. The maximum absolute atomic E-state index is 12.0. The van der Waals surface area contributed by atoms with Crippen LogP contribution in [0.25, 0.3) is 0 Å². The van der Waals surface area contributed by atoms with Crippen LogP contribution in [0, 0.1) is 0 Å². The number of hydrogen-bond acceptors (Lipinski definition) is 5. The molecule has 2 atom stereocenters. The minimum Gasteiger partial charge on any atom is -0.376 e. The molecule has 2 aliphatic rings. The van der Waals surface area contributed by atoms with Gasteiger partial charge in [-0.3, -0.25) is 4.79 Å². The first kappa shape index (κ1) is 24.9. The summed E-state index contributed by atoms with van der Waals surface area (Å²) in [5.41, 5.74) is 0. The monoisotopic (exact) mass is 550 g/mol. The maximum Gasteiger partial charge on any atom is 0.243 e. The third-order valence-electron chi connectivity index (χ3n) is 5.21. The summed E-state index contributed by atoms with van der Waals surface area (Å²) in [6, 6.07) is 3.89. The quantitative estimate of drug-likeness (QED) is 0.321. The summed E-state index contributed by atoms with van der Waals surface area (Å²) in [6.07, 6.45) is 6.25. The predicted octanol–water partition coefficient (Wildman–Crippen LogP) is 2.12. The standard InChI is InChI=1S/C20H31ClN6O2.HI/c1-26(2)18(28)13-24-20(23-12-16-6-3-4-11-29-16)25-15-8-10-27(14-15)19-17(21)7-5-9-22-19;/h5,7,9,15-16H,3-4,6,8,10-14H2,1-2H3,(H2,23,24,25);1H.